The number of sulfonamides is 1. The van der Waals surface area contributed by atoms with Gasteiger partial charge in [-0.05, 0) is 17.7 Å². The first-order valence-electron chi connectivity index (χ1n) is 3.99. The summed E-state index contributed by atoms with van der Waals surface area (Å²) >= 11 is 5.70. The van der Waals surface area contributed by atoms with Crippen LogP contribution in [0.3, 0.4) is 0 Å². The fourth-order valence-electron chi connectivity index (χ4n) is 1.03. The zero-order valence-electron chi connectivity index (χ0n) is 7.92. The largest absolute Gasteiger partial charge is 0.326 e. The zero-order valence-corrected chi connectivity index (χ0v) is 9.49. The Morgan fingerprint density at radius 1 is 1.53 bits per heavy atom. The van der Waals surface area contributed by atoms with Gasteiger partial charge < -0.3 is 5.73 Å². The summed E-state index contributed by atoms with van der Waals surface area (Å²) in [5, 5.41) is -0.0131. The van der Waals surface area contributed by atoms with Crippen LogP contribution in [0.15, 0.2) is 12.1 Å². The number of nitrogens with one attached hydrogen (secondary N) is 1. The molecule has 0 unspecified atom stereocenters. The summed E-state index contributed by atoms with van der Waals surface area (Å²) in [5.41, 5.74) is 5.54. The molecule has 0 aliphatic heterocycles. The predicted octanol–water partition coefficient (Wildman–Crippen LogP) is 1.31. The molecule has 3 N–H and O–H groups in total. The molecular formula is C8H10ClFN2O2S. The molecule has 15 heavy (non-hydrogen) atoms. The molecule has 4 nitrogen and oxygen atoms in total. The Bertz CT molecular complexity index is 453. The lowest BCUT2D eigenvalue weighted by Crippen LogP contribution is -2.12. The van der Waals surface area contributed by atoms with Gasteiger partial charge in [0.15, 0.2) is 0 Å². The van der Waals surface area contributed by atoms with E-state index in [-0.39, 0.29) is 17.3 Å². The molecule has 0 saturated carbocycles. The molecule has 0 aromatic heterocycles. The molecule has 84 valence electrons. The molecule has 0 radical (unpaired) electrons. The third kappa shape index (κ3) is 3.33. The SMILES string of the molecule is CS(=O)(=O)Nc1c(F)cc(CN)cc1Cl. The fourth-order valence-corrected chi connectivity index (χ4v) is 1.94. The number of nitrogens with two attached hydrogens (primary N) is 1. The van der Waals surface area contributed by atoms with Gasteiger partial charge in [-0.25, -0.2) is 12.8 Å². The minimum atomic E-state index is -3.55. The maximum Gasteiger partial charge on any atom is 0.229 e. The summed E-state index contributed by atoms with van der Waals surface area (Å²) in [5.74, 6) is -0.742. The van der Waals surface area contributed by atoms with Crippen LogP contribution in [0.1, 0.15) is 5.56 Å². The van der Waals surface area contributed by atoms with Crippen LogP contribution in [0, 0.1) is 5.82 Å². The quantitative estimate of drug-likeness (QED) is 0.852. The van der Waals surface area contributed by atoms with Crippen LogP contribution in [0.2, 0.25) is 5.02 Å². The fraction of sp³-hybridized carbons (Fsp3) is 0.250. The number of hydrogen-bond acceptors (Lipinski definition) is 3. The van der Waals surface area contributed by atoms with Crippen molar-refractivity contribution in [1.82, 2.24) is 0 Å². The second-order valence-corrected chi connectivity index (χ2v) is 5.17. The molecule has 0 spiro atoms. The van der Waals surface area contributed by atoms with Gasteiger partial charge >= 0.3 is 0 Å². The maximum atomic E-state index is 13.4. The predicted molar refractivity (Wildman–Crippen MR) is 57.8 cm³/mol. The van der Waals surface area contributed by atoms with E-state index in [4.69, 9.17) is 17.3 Å². The normalized spacial score (nSPS) is 11.5. The lowest BCUT2D eigenvalue weighted by molar-refractivity contribution is 0.603. The van der Waals surface area contributed by atoms with E-state index >= 15 is 0 Å². The minimum absolute atomic E-state index is 0.0131. The smallest absolute Gasteiger partial charge is 0.229 e. The van der Waals surface area contributed by atoms with E-state index in [2.05, 4.69) is 0 Å². The van der Waals surface area contributed by atoms with Gasteiger partial charge in [0.2, 0.25) is 10.0 Å². The van der Waals surface area contributed by atoms with Gasteiger partial charge in [0, 0.05) is 6.54 Å². The molecule has 1 rings (SSSR count). The van der Waals surface area contributed by atoms with E-state index in [0.717, 1.165) is 12.3 Å². The van der Waals surface area contributed by atoms with Crippen molar-refractivity contribution in [2.45, 2.75) is 6.54 Å². The summed E-state index contributed by atoms with van der Waals surface area (Å²) in [7, 11) is -3.55. The molecule has 1 aromatic carbocycles. The average molecular weight is 253 g/mol. The highest BCUT2D eigenvalue weighted by atomic mass is 35.5. The second-order valence-electron chi connectivity index (χ2n) is 3.01. The van der Waals surface area contributed by atoms with Crippen molar-refractivity contribution >= 4 is 27.3 Å². The standard InChI is InChI=1S/C8H10ClFN2O2S/c1-15(13,14)12-8-6(9)2-5(4-11)3-7(8)10/h2-3,12H,4,11H2,1H3. The van der Waals surface area contributed by atoms with E-state index < -0.39 is 15.8 Å². The third-order valence-electron chi connectivity index (χ3n) is 1.63. The molecule has 0 heterocycles. The van der Waals surface area contributed by atoms with Gasteiger partial charge in [0.05, 0.1) is 11.3 Å². The lowest BCUT2D eigenvalue weighted by Gasteiger charge is -2.09. The molecule has 0 saturated heterocycles. The molecule has 0 fully saturated rings. The Balaban J connectivity index is 3.20. The molecule has 0 amide bonds. The van der Waals surface area contributed by atoms with Crippen molar-refractivity contribution < 1.29 is 12.8 Å². The average Bonchev–Trinajstić information content (AvgIpc) is 2.09. The summed E-state index contributed by atoms with van der Waals surface area (Å²) in [6, 6.07) is 2.55. The van der Waals surface area contributed by atoms with E-state index in [1.165, 1.54) is 6.07 Å². The Morgan fingerprint density at radius 2 is 2.13 bits per heavy atom. The number of benzene rings is 1. The molecule has 7 heteroatoms. The number of halogens is 2. The summed E-state index contributed by atoms with van der Waals surface area (Å²) in [6.07, 6.45) is 0.916. The van der Waals surface area contributed by atoms with Crippen LogP contribution >= 0.6 is 11.6 Å². The van der Waals surface area contributed by atoms with Crippen LogP contribution in [0.4, 0.5) is 10.1 Å². The van der Waals surface area contributed by atoms with Gasteiger partial charge in [0.1, 0.15) is 11.5 Å². The summed E-state index contributed by atoms with van der Waals surface area (Å²) < 4.78 is 37.2. The van der Waals surface area contributed by atoms with Gasteiger partial charge in [-0.1, -0.05) is 11.6 Å². The molecule has 0 aliphatic rings. The van der Waals surface area contributed by atoms with Crippen LogP contribution in [-0.4, -0.2) is 14.7 Å². The first kappa shape index (κ1) is 12.2. The summed E-state index contributed by atoms with van der Waals surface area (Å²) in [4.78, 5) is 0. The van der Waals surface area contributed by atoms with Crippen molar-refractivity contribution in [3.8, 4) is 0 Å². The number of hydrogen-bond donors (Lipinski definition) is 2. The Morgan fingerprint density at radius 3 is 2.53 bits per heavy atom. The molecule has 0 bridgehead atoms. The topological polar surface area (TPSA) is 72.2 Å². The van der Waals surface area contributed by atoms with E-state index in [1.807, 2.05) is 4.72 Å². The third-order valence-corrected chi connectivity index (χ3v) is 2.50. The molecular weight excluding hydrogens is 243 g/mol. The van der Waals surface area contributed by atoms with Gasteiger partial charge in [-0.3, -0.25) is 4.72 Å². The van der Waals surface area contributed by atoms with Gasteiger partial charge in [-0.15, -0.1) is 0 Å². The van der Waals surface area contributed by atoms with Crippen molar-refractivity contribution in [2.24, 2.45) is 5.73 Å². The zero-order chi connectivity index (χ0) is 11.6. The van der Waals surface area contributed by atoms with E-state index in [1.54, 1.807) is 0 Å². The second kappa shape index (κ2) is 4.34. The maximum absolute atomic E-state index is 13.4. The monoisotopic (exact) mass is 252 g/mol. The Labute approximate surface area is 92.3 Å². The Hall–Kier alpha value is -0.850. The van der Waals surface area contributed by atoms with Crippen LogP contribution in [0.5, 0.6) is 0 Å². The van der Waals surface area contributed by atoms with Crippen molar-refractivity contribution in [2.75, 3.05) is 11.0 Å². The molecule has 1 aromatic rings. The lowest BCUT2D eigenvalue weighted by atomic mass is 10.2. The molecule has 0 aliphatic carbocycles. The summed E-state index contributed by atoms with van der Waals surface area (Å²) in [6.45, 7) is 0.135. The van der Waals surface area contributed by atoms with Crippen LogP contribution in [0.25, 0.3) is 0 Å². The number of rotatable bonds is 3. The minimum Gasteiger partial charge on any atom is -0.326 e. The molecule has 0 atom stereocenters. The van der Waals surface area contributed by atoms with Crippen LogP contribution < -0.4 is 10.5 Å². The number of anilines is 1. The highest BCUT2D eigenvalue weighted by molar-refractivity contribution is 7.92. The Kier molecular flexibility index (Phi) is 3.54. The van der Waals surface area contributed by atoms with Gasteiger partial charge in [-0.2, -0.15) is 0 Å². The van der Waals surface area contributed by atoms with E-state index in [0.29, 0.717) is 5.56 Å². The van der Waals surface area contributed by atoms with Crippen molar-refractivity contribution in [3.05, 3.63) is 28.5 Å². The van der Waals surface area contributed by atoms with Crippen molar-refractivity contribution in [1.29, 1.82) is 0 Å². The van der Waals surface area contributed by atoms with Crippen molar-refractivity contribution in [3.63, 3.8) is 0 Å². The van der Waals surface area contributed by atoms with E-state index in [9.17, 15) is 12.8 Å². The first-order chi connectivity index (χ1) is 6.83. The van der Waals surface area contributed by atoms with Crippen LogP contribution in [-0.2, 0) is 16.6 Å². The van der Waals surface area contributed by atoms with Gasteiger partial charge in [0.25, 0.3) is 0 Å². The highest BCUT2D eigenvalue weighted by Crippen LogP contribution is 2.27. The first-order valence-corrected chi connectivity index (χ1v) is 6.26. The highest BCUT2D eigenvalue weighted by Gasteiger charge is 2.12.